The van der Waals surface area contributed by atoms with Crippen molar-refractivity contribution < 1.29 is 8.99 Å². The molecule has 4 aromatic rings. The van der Waals surface area contributed by atoms with E-state index in [0.717, 1.165) is 51.1 Å². The van der Waals surface area contributed by atoms with Gasteiger partial charge in [-0.2, -0.15) is 0 Å². The van der Waals surface area contributed by atoms with Gasteiger partial charge in [-0.1, -0.05) is 76.6 Å². The van der Waals surface area contributed by atoms with Crippen LogP contribution in [0.25, 0.3) is 33.1 Å². The minimum absolute atomic E-state index is 0.218. The molecule has 0 saturated carbocycles. The van der Waals surface area contributed by atoms with Crippen LogP contribution in [0.2, 0.25) is 0 Å². The first-order valence-corrected chi connectivity index (χ1v) is 11.2. The number of para-hydroxylation sites is 1. The Labute approximate surface area is 190 Å². The summed E-state index contributed by atoms with van der Waals surface area (Å²) in [5, 5.41) is 2.28. The van der Waals surface area contributed by atoms with E-state index in [0.29, 0.717) is 0 Å². The summed E-state index contributed by atoms with van der Waals surface area (Å²) in [7, 11) is 0. The second-order valence-electron chi connectivity index (χ2n) is 9.91. The number of nitrogens with zero attached hydrogens (tertiary/aromatic N) is 1. The minimum atomic E-state index is 0.218. The van der Waals surface area contributed by atoms with Crippen molar-refractivity contribution >= 4 is 28.7 Å². The molecule has 0 amide bonds. The van der Waals surface area contributed by atoms with Crippen LogP contribution < -0.4 is 0 Å². The zero-order chi connectivity index (χ0) is 22.5. The summed E-state index contributed by atoms with van der Waals surface area (Å²) in [6.45, 7) is 13.2. The maximum absolute atomic E-state index is 6.66. The second-order valence-corrected chi connectivity index (χ2v) is 9.91. The van der Waals surface area contributed by atoms with Crippen LogP contribution in [0.1, 0.15) is 38.3 Å². The van der Waals surface area contributed by atoms with E-state index in [1.165, 1.54) is 11.1 Å². The van der Waals surface area contributed by atoms with Crippen molar-refractivity contribution in [2.45, 2.75) is 34.1 Å². The fourth-order valence-electron chi connectivity index (χ4n) is 4.63. The number of rotatable bonds is 3. The number of hydrogen-bond acceptors (Lipinski definition) is 0. The lowest BCUT2D eigenvalue weighted by Crippen LogP contribution is -2.17. The Morgan fingerprint density at radius 2 is 1.75 bits per heavy atom. The van der Waals surface area contributed by atoms with Gasteiger partial charge in [-0.3, -0.25) is 4.42 Å². The average Bonchev–Trinajstić information content (AvgIpc) is 3.13. The lowest BCUT2D eigenvalue weighted by atomic mass is 9.85. The molecule has 3 aromatic carbocycles. The van der Waals surface area contributed by atoms with E-state index in [9.17, 15) is 0 Å². The number of benzene rings is 3. The van der Waals surface area contributed by atoms with Gasteiger partial charge in [0.25, 0.3) is 5.58 Å². The van der Waals surface area contributed by atoms with Crippen molar-refractivity contribution in [1.29, 1.82) is 0 Å². The van der Waals surface area contributed by atoms with Crippen molar-refractivity contribution in [3.05, 3.63) is 102 Å². The Hall–Kier alpha value is -3.52. The summed E-state index contributed by atoms with van der Waals surface area (Å²) in [6.07, 6.45) is 7.51. The average molecular weight is 420 g/mol. The molecule has 5 rings (SSSR count). The number of allylic oxidation sites excluding steroid dienone is 2. The zero-order valence-electron chi connectivity index (χ0n) is 19.3. The maximum Gasteiger partial charge on any atom is 0.352 e. The fourth-order valence-corrected chi connectivity index (χ4v) is 4.63. The highest BCUT2D eigenvalue weighted by molar-refractivity contribution is 6.11. The largest absolute Gasteiger partial charge is 0.352 e. The van der Waals surface area contributed by atoms with Crippen molar-refractivity contribution in [1.82, 2.24) is 0 Å². The third-order valence-corrected chi connectivity index (χ3v) is 6.05. The molecular weight excluding hydrogens is 390 g/mol. The van der Waals surface area contributed by atoms with E-state index >= 15 is 0 Å². The molecule has 1 aliphatic rings. The monoisotopic (exact) mass is 419 g/mol. The predicted octanol–water partition coefficient (Wildman–Crippen LogP) is 8.04. The molecular formula is C30H29NO. The van der Waals surface area contributed by atoms with Gasteiger partial charge in [0.2, 0.25) is 0 Å². The van der Waals surface area contributed by atoms with E-state index in [2.05, 4.69) is 107 Å². The minimum Gasteiger partial charge on any atom is -0.336 e. The molecule has 1 aromatic heterocycles. The topological polar surface area (TPSA) is 14.3 Å². The molecule has 160 valence electrons. The summed E-state index contributed by atoms with van der Waals surface area (Å²) < 4.78 is 8.62. The van der Waals surface area contributed by atoms with Crippen molar-refractivity contribution in [3.63, 3.8) is 0 Å². The third kappa shape index (κ3) is 3.56. The predicted molar refractivity (Wildman–Crippen MR) is 135 cm³/mol. The molecule has 0 saturated heterocycles. The number of aryl methyl sites for hydroxylation is 1. The summed E-state index contributed by atoms with van der Waals surface area (Å²) >= 11 is 0. The molecule has 2 heteroatoms. The molecule has 2 heterocycles. The van der Waals surface area contributed by atoms with E-state index in [4.69, 9.17) is 4.42 Å². The lowest BCUT2D eigenvalue weighted by Gasteiger charge is -2.29. The molecule has 2 nitrogen and oxygen atoms in total. The van der Waals surface area contributed by atoms with Gasteiger partial charge >= 0.3 is 5.58 Å². The second kappa shape index (κ2) is 7.56. The van der Waals surface area contributed by atoms with Crippen LogP contribution in [0, 0.1) is 18.4 Å². The SMILES string of the molecule is C=[N+]1C=CC(CC(C)(C)C)=C[C-]1c1c(C)ccc2c3cccc(-c4ccccc4)c3[o+][c-]12. The van der Waals surface area contributed by atoms with Crippen molar-refractivity contribution in [2.24, 2.45) is 5.41 Å². The van der Waals surface area contributed by atoms with Crippen molar-refractivity contribution in [2.75, 3.05) is 0 Å². The highest BCUT2D eigenvalue weighted by atomic mass is 16.3. The summed E-state index contributed by atoms with van der Waals surface area (Å²) in [6, 6.07) is 22.3. The Kier molecular flexibility index (Phi) is 4.82. The summed E-state index contributed by atoms with van der Waals surface area (Å²) in [5.74, 6) is 0. The Bertz CT molecular complexity index is 1390. The molecule has 32 heavy (non-hydrogen) atoms. The molecule has 0 N–H and O–H groups in total. The van der Waals surface area contributed by atoms with Gasteiger partial charge < -0.3 is 4.58 Å². The van der Waals surface area contributed by atoms with E-state index in [1.54, 1.807) is 0 Å². The molecule has 0 aliphatic carbocycles. The zero-order valence-corrected chi connectivity index (χ0v) is 19.3. The number of fused-ring (bicyclic) bond motifs is 3. The quantitative estimate of drug-likeness (QED) is 0.186. The smallest absolute Gasteiger partial charge is 0.336 e. The highest BCUT2D eigenvalue weighted by Crippen LogP contribution is 2.41. The number of hydrogen-bond donors (Lipinski definition) is 0. The summed E-state index contributed by atoms with van der Waals surface area (Å²) in [4.78, 5) is 0. The van der Waals surface area contributed by atoms with Crippen LogP contribution in [-0.2, 0) is 0 Å². The van der Waals surface area contributed by atoms with Crippen LogP contribution in [0.4, 0.5) is 0 Å². The van der Waals surface area contributed by atoms with Gasteiger partial charge in [-0.25, -0.2) is 0 Å². The maximum atomic E-state index is 6.66. The van der Waals surface area contributed by atoms with Gasteiger partial charge in [0.05, 0.1) is 23.2 Å². The Morgan fingerprint density at radius 1 is 0.969 bits per heavy atom. The van der Waals surface area contributed by atoms with Gasteiger partial charge in [-0.15, -0.1) is 29.4 Å². The Balaban J connectivity index is 1.73. The Morgan fingerprint density at radius 3 is 2.50 bits per heavy atom. The van der Waals surface area contributed by atoms with Crippen LogP contribution in [0.3, 0.4) is 0 Å². The first-order valence-electron chi connectivity index (χ1n) is 11.2. The summed E-state index contributed by atoms with van der Waals surface area (Å²) in [5.41, 5.74) is 7.96. The van der Waals surface area contributed by atoms with Crippen LogP contribution in [0.5, 0.6) is 0 Å². The van der Waals surface area contributed by atoms with Crippen LogP contribution in [-0.4, -0.2) is 11.3 Å². The van der Waals surface area contributed by atoms with E-state index in [1.807, 2.05) is 10.6 Å². The number of furan rings is 1. The van der Waals surface area contributed by atoms with Crippen LogP contribution >= 0.6 is 0 Å². The fraction of sp³-hybridized carbons (Fsp3) is 0.200. The molecule has 0 fully saturated rings. The highest BCUT2D eigenvalue weighted by Gasteiger charge is 2.26. The van der Waals surface area contributed by atoms with Gasteiger partial charge in [0.1, 0.15) is 0 Å². The standard InChI is InChI=1S/C30H29NO/c1-20-14-15-25-24-13-9-12-23(22-10-7-6-8-11-22)28(24)32-29(25)27(20)26-18-21(16-17-31(26)5)19-30(2,3)4/h6-18H,5,19H2,1-4H3. The first-order chi connectivity index (χ1) is 15.3. The molecule has 0 unspecified atom stereocenters. The van der Waals surface area contributed by atoms with Crippen molar-refractivity contribution in [3.8, 4) is 11.1 Å². The first kappa shape index (κ1) is 20.4. The molecule has 0 bridgehead atoms. The molecule has 0 radical (unpaired) electrons. The molecule has 0 spiro atoms. The van der Waals surface area contributed by atoms with Gasteiger partial charge in [0.15, 0.2) is 0 Å². The molecule has 0 atom stereocenters. The van der Waals surface area contributed by atoms with Crippen LogP contribution in [0.15, 0.2) is 89.0 Å². The molecule has 1 aliphatic heterocycles. The normalized spacial score (nSPS) is 14.4. The van der Waals surface area contributed by atoms with Gasteiger partial charge in [-0.05, 0) is 28.7 Å². The van der Waals surface area contributed by atoms with Gasteiger partial charge in [0, 0.05) is 12.1 Å². The lowest BCUT2D eigenvalue weighted by molar-refractivity contribution is -0.418. The third-order valence-electron chi connectivity index (χ3n) is 6.05. The van der Waals surface area contributed by atoms with E-state index < -0.39 is 0 Å². The van der Waals surface area contributed by atoms with E-state index in [-0.39, 0.29) is 5.41 Å².